The number of rotatable bonds is 9. The van der Waals surface area contributed by atoms with Gasteiger partial charge in [-0.3, -0.25) is 4.79 Å². The van der Waals surface area contributed by atoms with Crippen LogP contribution in [0.3, 0.4) is 0 Å². The molecule has 1 N–H and O–H groups in total. The van der Waals surface area contributed by atoms with Crippen LogP contribution in [0.5, 0.6) is 17.2 Å². The van der Waals surface area contributed by atoms with Crippen molar-refractivity contribution in [3.63, 3.8) is 0 Å². The Labute approximate surface area is 161 Å². The Morgan fingerprint density at radius 2 is 1.74 bits per heavy atom. The average Bonchev–Trinajstić information content (AvgIpc) is 2.69. The Balaban J connectivity index is 2.12. The molecule has 2 rings (SSSR count). The van der Waals surface area contributed by atoms with Crippen LogP contribution in [0.25, 0.3) is 0 Å². The molecule has 0 heterocycles. The lowest BCUT2D eigenvalue weighted by Crippen LogP contribution is -2.39. The first-order chi connectivity index (χ1) is 13.0. The standard InChI is InChI=1S/C22H29NO4/c1-6-18(16-11-12-20(25-4)21(14-16)26-5)23-22(24)19(7-2)27-17-10-8-9-15(3)13-17/h8-14,18-19H,6-7H2,1-5H3,(H,23,24)/t18-,19-/m0/s1. The second-order valence-corrected chi connectivity index (χ2v) is 6.42. The zero-order chi connectivity index (χ0) is 19.8. The molecule has 0 fully saturated rings. The maximum Gasteiger partial charge on any atom is 0.261 e. The molecule has 0 aromatic heterocycles. The molecule has 5 nitrogen and oxygen atoms in total. The van der Waals surface area contributed by atoms with Crippen molar-refractivity contribution >= 4 is 5.91 Å². The second-order valence-electron chi connectivity index (χ2n) is 6.42. The summed E-state index contributed by atoms with van der Waals surface area (Å²) in [6, 6.07) is 13.3. The van der Waals surface area contributed by atoms with Gasteiger partial charge >= 0.3 is 0 Å². The molecule has 0 radical (unpaired) electrons. The van der Waals surface area contributed by atoms with E-state index >= 15 is 0 Å². The predicted molar refractivity (Wildman–Crippen MR) is 107 cm³/mol. The molecule has 0 bridgehead atoms. The third-order valence-corrected chi connectivity index (χ3v) is 4.47. The van der Waals surface area contributed by atoms with E-state index in [9.17, 15) is 4.79 Å². The molecule has 146 valence electrons. The van der Waals surface area contributed by atoms with E-state index in [2.05, 4.69) is 5.32 Å². The monoisotopic (exact) mass is 371 g/mol. The predicted octanol–water partition coefficient (Wildman–Crippen LogP) is 4.44. The van der Waals surface area contributed by atoms with Gasteiger partial charge in [-0.2, -0.15) is 0 Å². The number of benzene rings is 2. The SMILES string of the molecule is CC[C@H](Oc1cccc(C)c1)C(=O)N[C@@H](CC)c1ccc(OC)c(OC)c1. The average molecular weight is 371 g/mol. The van der Waals surface area contributed by atoms with E-state index in [-0.39, 0.29) is 11.9 Å². The number of amides is 1. The molecule has 0 unspecified atom stereocenters. The minimum atomic E-state index is -0.541. The lowest BCUT2D eigenvalue weighted by molar-refractivity contribution is -0.128. The molecule has 0 saturated heterocycles. The highest BCUT2D eigenvalue weighted by molar-refractivity contribution is 5.81. The molecule has 2 aromatic carbocycles. The number of hydrogen-bond acceptors (Lipinski definition) is 4. The van der Waals surface area contributed by atoms with Crippen molar-refractivity contribution < 1.29 is 19.0 Å². The van der Waals surface area contributed by atoms with E-state index < -0.39 is 6.10 Å². The summed E-state index contributed by atoms with van der Waals surface area (Å²) in [5.74, 6) is 1.89. The number of carbonyl (C=O) groups is 1. The smallest absolute Gasteiger partial charge is 0.261 e. The summed E-state index contributed by atoms with van der Waals surface area (Å²) < 4.78 is 16.6. The van der Waals surface area contributed by atoms with E-state index in [1.807, 2.05) is 63.2 Å². The third kappa shape index (κ3) is 5.39. The van der Waals surface area contributed by atoms with Crippen LogP contribution in [0.4, 0.5) is 0 Å². The van der Waals surface area contributed by atoms with Crippen molar-refractivity contribution in [2.75, 3.05) is 14.2 Å². The van der Waals surface area contributed by atoms with Crippen LogP contribution in [-0.2, 0) is 4.79 Å². The third-order valence-electron chi connectivity index (χ3n) is 4.47. The lowest BCUT2D eigenvalue weighted by Gasteiger charge is -2.23. The first-order valence-corrected chi connectivity index (χ1v) is 9.27. The summed E-state index contributed by atoms with van der Waals surface area (Å²) in [6.45, 7) is 5.97. The van der Waals surface area contributed by atoms with Crippen LogP contribution in [-0.4, -0.2) is 26.2 Å². The number of aryl methyl sites for hydroxylation is 1. The summed E-state index contributed by atoms with van der Waals surface area (Å²) in [5, 5.41) is 3.10. The van der Waals surface area contributed by atoms with E-state index in [0.29, 0.717) is 23.7 Å². The lowest BCUT2D eigenvalue weighted by atomic mass is 10.0. The topological polar surface area (TPSA) is 56.8 Å². The highest BCUT2D eigenvalue weighted by Crippen LogP contribution is 2.31. The normalized spacial score (nSPS) is 12.8. The number of carbonyl (C=O) groups excluding carboxylic acids is 1. The maximum atomic E-state index is 12.8. The molecule has 1 amide bonds. The summed E-state index contributed by atoms with van der Waals surface area (Å²) in [6.07, 6.45) is 0.797. The molecule has 0 spiro atoms. The minimum absolute atomic E-state index is 0.124. The number of nitrogens with one attached hydrogen (secondary N) is 1. The van der Waals surface area contributed by atoms with Crippen molar-refractivity contribution in [1.29, 1.82) is 0 Å². The minimum Gasteiger partial charge on any atom is -0.493 e. The van der Waals surface area contributed by atoms with Crippen LogP contribution < -0.4 is 19.5 Å². The first-order valence-electron chi connectivity index (χ1n) is 9.27. The Morgan fingerprint density at radius 1 is 1.00 bits per heavy atom. The van der Waals surface area contributed by atoms with Crippen LogP contribution in [0, 0.1) is 6.92 Å². The molecule has 27 heavy (non-hydrogen) atoms. The molecule has 2 aromatic rings. The molecule has 0 saturated carbocycles. The summed E-state index contributed by atoms with van der Waals surface area (Å²) in [5.41, 5.74) is 2.06. The van der Waals surface area contributed by atoms with Gasteiger partial charge in [-0.1, -0.05) is 32.0 Å². The van der Waals surface area contributed by atoms with Crippen molar-refractivity contribution in [2.24, 2.45) is 0 Å². The number of ether oxygens (including phenoxy) is 3. The summed E-state index contributed by atoms with van der Waals surface area (Å²) in [4.78, 5) is 12.8. The Bertz CT molecular complexity index is 760. The Hall–Kier alpha value is -2.69. The van der Waals surface area contributed by atoms with Gasteiger partial charge in [0.15, 0.2) is 17.6 Å². The van der Waals surface area contributed by atoms with Gasteiger partial charge in [-0.25, -0.2) is 0 Å². The van der Waals surface area contributed by atoms with E-state index in [0.717, 1.165) is 17.5 Å². The van der Waals surface area contributed by atoms with Crippen LogP contribution in [0.15, 0.2) is 42.5 Å². The van der Waals surface area contributed by atoms with Crippen molar-refractivity contribution in [3.05, 3.63) is 53.6 Å². The maximum absolute atomic E-state index is 12.8. The van der Waals surface area contributed by atoms with Crippen molar-refractivity contribution in [1.82, 2.24) is 5.32 Å². The highest BCUT2D eigenvalue weighted by atomic mass is 16.5. The molecular formula is C22H29NO4. The van der Waals surface area contributed by atoms with Crippen molar-refractivity contribution in [3.8, 4) is 17.2 Å². The molecule has 2 atom stereocenters. The van der Waals surface area contributed by atoms with E-state index in [1.54, 1.807) is 14.2 Å². The van der Waals surface area contributed by atoms with E-state index in [1.165, 1.54) is 0 Å². The van der Waals surface area contributed by atoms with Gasteiger partial charge in [0, 0.05) is 0 Å². The van der Waals surface area contributed by atoms with Crippen LogP contribution in [0.2, 0.25) is 0 Å². The molecular weight excluding hydrogens is 342 g/mol. The van der Waals surface area contributed by atoms with Crippen LogP contribution >= 0.6 is 0 Å². The Kier molecular flexibility index (Phi) is 7.53. The molecule has 5 heteroatoms. The van der Waals surface area contributed by atoms with Gasteiger partial charge in [-0.15, -0.1) is 0 Å². The largest absolute Gasteiger partial charge is 0.493 e. The van der Waals surface area contributed by atoms with Gasteiger partial charge < -0.3 is 19.5 Å². The van der Waals surface area contributed by atoms with Gasteiger partial charge in [0.1, 0.15) is 5.75 Å². The van der Waals surface area contributed by atoms with Crippen LogP contribution in [0.1, 0.15) is 43.9 Å². The molecule has 0 aliphatic heterocycles. The van der Waals surface area contributed by atoms with Gasteiger partial charge in [0.2, 0.25) is 0 Å². The molecule has 0 aliphatic carbocycles. The summed E-state index contributed by atoms with van der Waals surface area (Å²) >= 11 is 0. The fourth-order valence-electron chi connectivity index (χ4n) is 2.93. The molecule has 0 aliphatic rings. The Morgan fingerprint density at radius 3 is 2.33 bits per heavy atom. The first kappa shape index (κ1) is 20.6. The highest BCUT2D eigenvalue weighted by Gasteiger charge is 2.22. The van der Waals surface area contributed by atoms with E-state index in [4.69, 9.17) is 14.2 Å². The zero-order valence-corrected chi connectivity index (χ0v) is 16.7. The zero-order valence-electron chi connectivity index (χ0n) is 16.7. The van der Waals surface area contributed by atoms with Gasteiger partial charge in [-0.05, 0) is 55.2 Å². The fourth-order valence-corrected chi connectivity index (χ4v) is 2.93. The number of hydrogen-bond donors (Lipinski definition) is 1. The summed E-state index contributed by atoms with van der Waals surface area (Å²) in [7, 11) is 3.20. The van der Waals surface area contributed by atoms with Gasteiger partial charge in [0.05, 0.1) is 20.3 Å². The quantitative estimate of drug-likeness (QED) is 0.708. The fraction of sp³-hybridized carbons (Fsp3) is 0.409. The van der Waals surface area contributed by atoms with Gasteiger partial charge in [0.25, 0.3) is 5.91 Å². The van der Waals surface area contributed by atoms with Crippen molar-refractivity contribution in [2.45, 2.75) is 45.8 Å². The second kappa shape index (κ2) is 9.86. The number of methoxy groups -OCH3 is 2.